The van der Waals surface area contributed by atoms with Crippen LogP contribution in [0, 0.1) is 23.7 Å². The molecule has 0 aromatic heterocycles. The maximum Gasteiger partial charge on any atom is 0.472 e. The average molecular weight is 1380 g/mol. The summed E-state index contributed by atoms with van der Waals surface area (Å²) in [7, 11) is -9.91. The van der Waals surface area contributed by atoms with Crippen LogP contribution >= 0.6 is 15.6 Å². The number of rotatable bonds is 72. The first-order valence-electron chi connectivity index (χ1n) is 38.7. The number of hydrogen-bond donors (Lipinski definition) is 3. The van der Waals surface area contributed by atoms with Gasteiger partial charge in [0.05, 0.1) is 26.4 Å². The van der Waals surface area contributed by atoms with Gasteiger partial charge in [-0.25, -0.2) is 9.13 Å². The molecule has 0 aromatic carbocycles. The Hall–Kier alpha value is -1.94. The molecule has 0 rings (SSSR count). The predicted octanol–water partition coefficient (Wildman–Crippen LogP) is 21.7. The van der Waals surface area contributed by atoms with E-state index in [-0.39, 0.29) is 25.7 Å². The van der Waals surface area contributed by atoms with Crippen LogP contribution in [0.2, 0.25) is 0 Å². The molecule has 0 amide bonds. The molecule has 0 saturated carbocycles. The van der Waals surface area contributed by atoms with Crippen molar-refractivity contribution in [2.75, 3.05) is 39.6 Å². The zero-order chi connectivity index (χ0) is 69.6. The molecule has 0 spiro atoms. The molecule has 0 heterocycles. The number of carbonyl (C=O) groups is 4. The third-order valence-corrected chi connectivity index (χ3v) is 19.2. The summed E-state index contributed by atoms with van der Waals surface area (Å²) < 4.78 is 68.4. The first kappa shape index (κ1) is 92.1. The summed E-state index contributed by atoms with van der Waals surface area (Å²) in [6, 6.07) is 0. The smallest absolute Gasteiger partial charge is 0.462 e. The number of aliphatic hydroxyl groups excluding tert-OH is 1. The van der Waals surface area contributed by atoms with E-state index >= 15 is 0 Å². The van der Waals surface area contributed by atoms with E-state index in [0.717, 1.165) is 114 Å². The molecule has 0 aliphatic carbocycles. The molecule has 0 bridgehead atoms. The fourth-order valence-electron chi connectivity index (χ4n) is 11.4. The number of phosphoric ester groups is 2. The van der Waals surface area contributed by atoms with Gasteiger partial charge in [-0.15, -0.1) is 0 Å². The summed E-state index contributed by atoms with van der Waals surface area (Å²) in [5.41, 5.74) is 0. The molecule has 19 heteroatoms. The van der Waals surface area contributed by atoms with Gasteiger partial charge in [0, 0.05) is 25.7 Å². The van der Waals surface area contributed by atoms with E-state index in [0.29, 0.717) is 31.6 Å². The molecular weight excluding hydrogens is 1230 g/mol. The summed E-state index contributed by atoms with van der Waals surface area (Å²) >= 11 is 0. The van der Waals surface area contributed by atoms with Crippen molar-refractivity contribution in [1.29, 1.82) is 0 Å². The second-order valence-corrected chi connectivity index (χ2v) is 31.9. The van der Waals surface area contributed by atoms with Crippen LogP contribution < -0.4 is 0 Å². The lowest BCUT2D eigenvalue weighted by atomic mass is 10.0. The Kier molecular flexibility index (Phi) is 63.1. The molecule has 0 radical (unpaired) electrons. The van der Waals surface area contributed by atoms with Crippen LogP contribution in [0.25, 0.3) is 0 Å². The third kappa shape index (κ3) is 68.6. The zero-order valence-electron chi connectivity index (χ0n) is 61.6. The number of phosphoric acid groups is 2. The van der Waals surface area contributed by atoms with E-state index in [1.807, 2.05) is 0 Å². The minimum atomic E-state index is -4.96. The average Bonchev–Trinajstić information content (AvgIpc) is 1.32. The van der Waals surface area contributed by atoms with Gasteiger partial charge in [-0.2, -0.15) is 0 Å². The van der Waals surface area contributed by atoms with Gasteiger partial charge in [-0.05, 0) is 49.4 Å². The Bertz CT molecular complexity index is 1850. The lowest BCUT2D eigenvalue weighted by Gasteiger charge is -2.21. The van der Waals surface area contributed by atoms with Crippen LogP contribution in [0.3, 0.4) is 0 Å². The highest BCUT2D eigenvalue weighted by molar-refractivity contribution is 7.47. The Morgan fingerprint density at radius 2 is 0.447 bits per heavy atom. The van der Waals surface area contributed by atoms with E-state index in [1.165, 1.54) is 173 Å². The Morgan fingerprint density at radius 3 is 0.660 bits per heavy atom. The lowest BCUT2D eigenvalue weighted by molar-refractivity contribution is -0.161. The van der Waals surface area contributed by atoms with Crippen molar-refractivity contribution in [3.63, 3.8) is 0 Å². The third-order valence-electron chi connectivity index (χ3n) is 17.3. The molecule has 0 aliphatic rings. The summed E-state index contributed by atoms with van der Waals surface area (Å²) in [5, 5.41) is 10.6. The van der Waals surface area contributed by atoms with E-state index in [4.69, 9.17) is 37.0 Å². The number of aliphatic hydroxyl groups is 1. The summed E-state index contributed by atoms with van der Waals surface area (Å²) in [5.74, 6) is 0.874. The lowest BCUT2D eigenvalue weighted by Crippen LogP contribution is -2.30. The van der Waals surface area contributed by atoms with Gasteiger partial charge >= 0.3 is 39.5 Å². The van der Waals surface area contributed by atoms with Crippen molar-refractivity contribution in [3.05, 3.63) is 0 Å². The predicted molar refractivity (Wildman–Crippen MR) is 381 cm³/mol. The highest BCUT2D eigenvalue weighted by Gasteiger charge is 2.30. The fraction of sp³-hybridized carbons (Fsp3) is 0.947. The largest absolute Gasteiger partial charge is 0.472 e. The molecule has 17 nitrogen and oxygen atoms in total. The molecule has 0 fully saturated rings. The molecule has 0 aliphatic heterocycles. The minimum Gasteiger partial charge on any atom is -0.462 e. The van der Waals surface area contributed by atoms with Crippen LogP contribution in [0.5, 0.6) is 0 Å². The Balaban J connectivity index is 5.23. The highest BCUT2D eigenvalue weighted by atomic mass is 31.2. The van der Waals surface area contributed by atoms with E-state index < -0.39 is 97.5 Å². The van der Waals surface area contributed by atoms with Crippen molar-refractivity contribution in [3.8, 4) is 0 Å². The number of esters is 4. The van der Waals surface area contributed by atoms with Crippen LogP contribution in [-0.2, 0) is 65.4 Å². The van der Waals surface area contributed by atoms with Gasteiger partial charge < -0.3 is 33.8 Å². The molecule has 3 N–H and O–H groups in total. The van der Waals surface area contributed by atoms with Crippen LogP contribution in [0.15, 0.2) is 0 Å². The minimum absolute atomic E-state index is 0.104. The van der Waals surface area contributed by atoms with Crippen molar-refractivity contribution < 1.29 is 80.2 Å². The van der Waals surface area contributed by atoms with Gasteiger partial charge in [-0.3, -0.25) is 37.3 Å². The second kappa shape index (κ2) is 64.4. The van der Waals surface area contributed by atoms with Crippen LogP contribution in [-0.4, -0.2) is 96.7 Å². The molecule has 5 atom stereocenters. The summed E-state index contributed by atoms with van der Waals surface area (Å²) in [6.45, 7) is 14.1. The number of unbranched alkanes of at least 4 members (excludes halogenated alkanes) is 38. The topological polar surface area (TPSA) is 237 Å². The Morgan fingerprint density at radius 1 is 0.266 bits per heavy atom. The molecule has 0 saturated heterocycles. The molecule has 94 heavy (non-hydrogen) atoms. The normalized spacial score (nSPS) is 14.2. The standard InChI is InChI=1S/C75H146O17P2/c1-65(2)51-43-35-27-21-16-12-10-9-11-13-18-24-30-39-47-55-72(77)85-61-70(91-74(79)57-49-41-31-25-19-15-14-17-22-28-36-44-52-66(3)4)63-89-93(81,82)87-59-69(76)60-88-94(83,84)90-64-71(62-86-73(78)56-48-40-34-33-38-46-54-68(7)8)92-75(80)58-50-42-32-26-20-23-29-37-45-53-67(5)6/h65-71,76H,9-64H2,1-8H3,(H,81,82)(H,83,84)/t69-,70-,71-/m1/s1. The zero-order valence-corrected chi connectivity index (χ0v) is 63.4. The second-order valence-electron chi connectivity index (χ2n) is 28.9. The maximum atomic E-state index is 13.1. The van der Waals surface area contributed by atoms with Gasteiger partial charge in [0.1, 0.15) is 19.3 Å². The molecule has 0 aromatic rings. The summed E-state index contributed by atoms with van der Waals surface area (Å²) in [6.07, 6.45) is 48.8. The number of hydrogen-bond acceptors (Lipinski definition) is 15. The maximum absolute atomic E-state index is 13.1. The first-order chi connectivity index (χ1) is 45.1. The van der Waals surface area contributed by atoms with Crippen molar-refractivity contribution >= 4 is 39.5 Å². The first-order valence-corrected chi connectivity index (χ1v) is 41.7. The Labute approximate surface area is 575 Å². The quantitative estimate of drug-likeness (QED) is 0.0222. The number of ether oxygens (including phenoxy) is 4. The van der Waals surface area contributed by atoms with Crippen molar-refractivity contribution in [1.82, 2.24) is 0 Å². The van der Waals surface area contributed by atoms with Crippen molar-refractivity contribution in [2.45, 2.75) is 395 Å². The van der Waals surface area contributed by atoms with E-state index in [2.05, 4.69) is 55.4 Å². The van der Waals surface area contributed by atoms with Gasteiger partial charge in [0.25, 0.3) is 0 Å². The molecular formula is C75H146O17P2. The molecule has 558 valence electrons. The van der Waals surface area contributed by atoms with Gasteiger partial charge in [0.15, 0.2) is 12.2 Å². The fourth-order valence-corrected chi connectivity index (χ4v) is 13.0. The van der Waals surface area contributed by atoms with Crippen LogP contribution in [0.4, 0.5) is 0 Å². The number of carbonyl (C=O) groups excluding carboxylic acids is 4. The SMILES string of the molecule is CC(C)CCCCCCCCCCCCCCCCCC(=O)OC[C@H](COP(=O)(O)OC[C@@H](O)COP(=O)(O)OC[C@@H](COC(=O)CCCCCCCCC(C)C)OC(=O)CCCCCCCCCCCC(C)C)OC(=O)CCCCCCCCCCCCCCC(C)C. The molecule has 2 unspecified atom stereocenters. The van der Waals surface area contributed by atoms with E-state index in [9.17, 15) is 43.2 Å². The monoisotopic (exact) mass is 1380 g/mol. The van der Waals surface area contributed by atoms with Gasteiger partial charge in [-0.1, -0.05) is 325 Å². The summed E-state index contributed by atoms with van der Waals surface area (Å²) in [4.78, 5) is 72.7. The van der Waals surface area contributed by atoms with E-state index in [1.54, 1.807) is 0 Å². The highest BCUT2D eigenvalue weighted by Crippen LogP contribution is 2.45. The van der Waals surface area contributed by atoms with Crippen LogP contribution in [0.1, 0.15) is 376 Å². The van der Waals surface area contributed by atoms with Gasteiger partial charge in [0.2, 0.25) is 0 Å². The van der Waals surface area contributed by atoms with Crippen molar-refractivity contribution in [2.24, 2.45) is 23.7 Å².